The van der Waals surface area contributed by atoms with Crippen LogP contribution < -0.4 is 10.6 Å². The van der Waals surface area contributed by atoms with Gasteiger partial charge in [0.2, 0.25) is 0 Å². The zero-order valence-electron chi connectivity index (χ0n) is 13.5. The van der Waals surface area contributed by atoms with Crippen molar-refractivity contribution in [1.82, 2.24) is 4.98 Å². The number of hydrogen-bond donors (Lipinski definition) is 2. The second-order valence-corrected chi connectivity index (χ2v) is 7.17. The molecule has 2 N–H and O–H groups in total. The molecule has 0 bridgehead atoms. The first kappa shape index (κ1) is 18.4. The predicted molar refractivity (Wildman–Crippen MR) is 106 cm³/mol. The molecule has 0 saturated carbocycles. The maximum atomic E-state index is 12.5. The molecule has 0 aliphatic heterocycles. The highest BCUT2D eigenvalue weighted by Crippen LogP contribution is 2.25. The lowest BCUT2D eigenvalue weighted by Gasteiger charge is -2.04. The number of nitrogens with one attached hydrogen (secondary N) is 2. The molecule has 2 aromatic carbocycles. The van der Waals surface area contributed by atoms with Crippen molar-refractivity contribution in [3.63, 3.8) is 0 Å². The highest BCUT2D eigenvalue weighted by Gasteiger charge is 2.18. The molecule has 0 saturated heterocycles. The van der Waals surface area contributed by atoms with Crippen LogP contribution in [0.4, 0.5) is 10.8 Å². The lowest BCUT2D eigenvalue weighted by molar-refractivity contribution is 0.102. The van der Waals surface area contributed by atoms with E-state index in [1.54, 1.807) is 55.5 Å². The molecule has 1 heterocycles. The van der Waals surface area contributed by atoms with Crippen LogP contribution in [0, 0.1) is 6.92 Å². The first-order valence-electron chi connectivity index (χ1n) is 7.54. The Bertz CT molecular complexity index is 988. The number of benzene rings is 2. The van der Waals surface area contributed by atoms with Crippen LogP contribution in [-0.4, -0.2) is 16.8 Å². The summed E-state index contributed by atoms with van der Waals surface area (Å²) in [6.45, 7) is 1.70. The van der Waals surface area contributed by atoms with Crippen LogP contribution in [0.15, 0.2) is 48.5 Å². The van der Waals surface area contributed by atoms with E-state index in [9.17, 15) is 9.59 Å². The van der Waals surface area contributed by atoms with Crippen molar-refractivity contribution in [1.29, 1.82) is 0 Å². The molecular formula is C18H13Cl2N3O2S. The third kappa shape index (κ3) is 4.22. The number of amides is 2. The standard InChI is InChI=1S/C18H13Cl2N3O2S/c1-10-15(17(25)22-12-6-4-5-11(19)9-12)26-18(21-10)23-16(24)13-7-2-3-8-14(13)20/h2-9H,1H3,(H,22,25)(H,21,23,24). The molecule has 0 aliphatic carbocycles. The maximum Gasteiger partial charge on any atom is 0.267 e. The first-order valence-corrected chi connectivity index (χ1v) is 9.11. The van der Waals surface area contributed by atoms with E-state index >= 15 is 0 Å². The molecule has 0 aliphatic rings. The van der Waals surface area contributed by atoms with Gasteiger partial charge in [0.25, 0.3) is 11.8 Å². The lowest BCUT2D eigenvalue weighted by atomic mass is 10.2. The number of rotatable bonds is 4. The van der Waals surface area contributed by atoms with Crippen LogP contribution in [0.25, 0.3) is 0 Å². The summed E-state index contributed by atoms with van der Waals surface area (Å²) in [6, 6.07) is 13.6. The zero-order valence-corrected chi connectivity index (χ0v) is 15.9. The van der Waals surface area contributed by atoms with Gasteiger partial charge in [-0.3, -0.25) is 14.9 Å². The van der Waals surface area contributed by atoms with Crippen LogP contribution in [0.1, 0.15) is 25.7 Å². The number of carbonyl (C=O) groups excluding carboxylic acids is 2. The Morgan fingerprint density at radius 3 is 2.50 bits per heavy atom. The minimum Gasteiger partial charge on any atom is -0.321 e. The van der Waals surface area contributed by atoms with E-state index in [1.807, 2.05) is 0 Å². The topological polar surface area (TPSA) is 71.1 Å². The van der Waals surface area contributed by atoms with Crippen LogP contribution in [-0.2, 0) is 0 Å². The fourth-order valence-corrected chi connectivity index (χ4v) is 3.49. The lowest BCUT2D eigenvalue weighted by Crippen LogP contribution is -2.12. The summed E-state index contributed by atoms with van der Waals surface area (Å²) in [5.41, 5.74) is 1.44. The number of nitrogens with zero attached hydrogens (tertiary/aromatic N) is 1. The number of aryl methyl sites for hydroxylation is 1. The molecule has 0 radical (unpaired) electrons. The van der Waals surface area contributed by atoms with Crippen molar-refractivity contribution >= 4 is 57.2 Å². The summed E-state index contributed by atoms with van der Waals surface area (Å²) in [7, 11) is 0. The molecule has 0 unspecified atom stereocenters. The number of anilines is 2. The SMILES string of the molecule is Cc1nc(NC(=O)c2ccccc2Cl)sc1C(=O)Nc1cccc(Cl)c1. The number of carbonyl (C=O) groups is 2. The van der Waals surface area contributed by atoms with Gasteiger partial charge in [0, 0.05) is 10.7 Å². The van der Waals surface area contributed by atoms with Gasteiger partial charge in [-0.15, -0.1) is 0 Å². The Morgan fingerprint density at radius 1 is 1.00 bits per heavy atom. The van der Waals surface area contributed by atoms with Gasteiger partial charge in [0.05, 0.1) is 16.3 Å². The summed E-state index contributed by atoms with van der Waals surface area (Å²) < 4.78 is 0. The van der Waals surface area contributed by atoms with Gasteiger partial charge in [0.1, 0.15) is 4.88 Å². The summed E-state index contributed by atoms with van der Waals surface area (Å²) in [5, 5.41) is 6.62. The Kier molecular flexibility index (Phi) is 5.56. The quantitative estimate of drug-likeness (QED) is 0.621. The first-order chi connectivity index (χ1) is 12.4. The molecule has 2 amide bonds. The molecule has 0 fully saturated rings. The van der Waals surface area contributed by atoms with Gasteiger partial charge in [-0.25, -0.2) is 4.98 Å². The zero-order chi connectivity index (χ0) is 18.7. The van der Waals surface area contributed by atoms with E-state index in [0.717, 1.165) is 11.3 Å². The molecule has 0 spiro atoms. The van der Waals surface area contributed by atoms with Gasteiger partial charge < -0.3 is 5.32 Å². The van der Waals surface area contributed by atoms with E-state index in [0.29, 0.717) is 37.0 Å². The predicted octanol–water partition coefficient (Wildman–Crippen LogP) is 5.26. The van der Waals surface area contributed by atoms with Crippen LogP contribution >= 0.6 is 34.5 Å². The van der Waals surface area contributed by atoms with Crippen molar-refractivity contribution in [3.05, 3.63) is 74.7 Å². The molecule has 3 rings (SSSR count). The van der Waals surface area contributed by atoms with Crippen molar-refractivity contribution in [2.75, 3.05) is 10.6 Å². The molecule has 132 valence electrons. The number of thiazole rings is 1. The molecule has 3 aromatic rings. The Balaban J connectivity index is 1.75. The number of aromatic nitrogens is 1. The summed E-state index contributed by atoms with van der Waals surface area (Å²) in [6.07, 6.45) is 0. The summed E-state index contributed by atoms with van der Waals surface area (Å²) in [4.78, 5) is 29.4. The van der Waals surface area contributed by atoms with E-state index in [2.05, 4.69) is 15.6 Å². The van der Waals surface area contributed by atoms with Gasteiger partial charge in [-0.1, -0.05) is 52.7 Å². The van der Waals surface area contributed by atoms with Crippen LogP contribution in [0.5, 0.6) is 0 Å². The minimum absolute atomic E-state index is 0.319. The summed E-state index contributed by atoms with van der Waals surface area (Å²) >= 11 is 13.0. The highest BCUT2D eigenvalue weighted by atomic mass is 35.5. The van der Waals surface area contributed by atoms with Crippen molar-refractivity contribution in [3.8, 4) is 0 Å². The minimum atomic E-state index is -0.383. The number of halogens is 2. The molecule has 8 heteroatoms. The van der Waals surface area contributed by atoms with E-state index in [4.69, 9.17) is 23.2 Å². The fourth-order valence-electron chi connectivity index (χ4n) is 2.22. The molecule has 0 atom stereocenters. The van der Waals surface area contributed by atoms with Crippen LogP contribution in [0.3, 0.4) is 0 Å². The Labute approximate surface area is 164 Å². The molecular weight excluding hydrogens is 393 g/mol. The third-order valence-corrected chi connectivity index (χ3v) is 5.06. The van der Waals surface area contributed by atoms with Crippen molar-refractivity contribution in [2.45, 2.75) is 6.92 Å². The van der Waals surface area contributed by atoms with Crippen molar-refractivity contribution < 1.29 is 9.59 Å². The highest BCUT2D eigenvalue weighted by molar-refractivity contribution is 7.17. The van der Waals surface area contributed by atoms with E-state index < -0.39 is 0 Å². The average Bonchev–Trinajstić information content (AvgIpc) is 2.95. The van der Waals surface area contributed by atoms with Gasteiger partial charge >= 0.3 is 0 Å². The largest absolute Gasteiger partial charge is 0.321 e. The Hall–Kier alpha value is -2.41. The normalized spacial score (nSPS) is 10.4. The molecule has 1 aromatic heterocycles. The van der Waals surface area contributed by atoms with E-state index in [-0.39, 0.29) is 11.8 Å². The van der Waals surface area contributed by atoms with Gasteiger partial charge in [-0.05, 0) is 37.3 Å². The second-order valence-electron chi connectivity index (χ2n) is 5.33. The van der Waals surface area contributed by atoms with E-state index in [1.165, 1.54) is 0 Å². The fraction of sp³-hybridized carbons (Fsp3) is 0.0556. The smallest absolute Gasteiger partial charge is 0.267 e. The molecule has 5 nitrogen and oxygen atoms in total. The molecule has 26 heavy (non-hydrogen) atoms. The van der Waals surface area contributed by atoms with Crippen LogP contribution in [0.2, 0.25) is 10.0 Å². The summed E-state index contributed by atoms with van der Waals surface area (Å²) in [5.74, 6) is -0.702. The Morgan fingerprint density at radius 2 is 1.77 bits per heavy atom. The van der Waals surface area contributed by atoms with Gasteiger partial charge in [0.15, 0.2) is 5.13 Å². The third-order valence-electron chi connectivity index (χ3n) is 3.42. The second kappa shape index (κ2) is 7.86. The number of hydrogen-bond acceptors (Lipinski definition) is 4. The average molecular weight is 406 g/mol. The van der Waals surface area contributed by atoms with Crippen molar-refractivity contribution in [2.24, 2.45) is 0 Å². The monoisotopic (exact) mass is 405 g/mol. The maximum absolute atomic E-state index is 12.5. The van der Waals surface area contributed by atoms with Gasteiger partial charge in [-0.2, -0.15) is 0 Å².